The molecule has 3 aromatic heterocycles. The lowest BCUT2D eigenvalue weighted by molar-refractivity contribution is 0.304. The molecular weight excluding hydrogens is 506 g/mol. The highest BCUT2D eigenvalue weighted by molar-refractivity contribution is 6.21. The van der Waals surface area contributed by atoms with Crippen molar-refractivity contribution in [1.29, 1.82) is 0 Å². The van der Waals surface area contributed by atoms with Crippen molar-refractivity contribution in [3.8, 4) is 16.9 Å². The quantitative estimate of drug-likeness (QED) is 0.210. The Bertz CT molecular complexity index is 2220. The predicted octanol–water partition coefficient (Wildman–Crippen LogP) is 9.14. The van der Waals surface area contributed by atoms with Gasteiger partial charge in [-0.15, -0.1) is 0 Å². The van der Waals surface area contributed by atoms with Gasteiger partial charge < -0.3 is 13.6 Å². The summed E-state index contributed by atoms with van der Waals surface area (Å²) in [5, 5.41) is 4.07. The van der Waals surface area contributed by atoms with Crippen LogP contribution < -0.4 is 10.4 Å². The summed E-state index contributed by atoms with van der Waals surface area (Å²) < 4.78 is 14.2. The highest BCUT2D eigenvalue weighted by Gasteiger charge is 2.23. The zero-order valence-corrected chi connectivity index (χ0v) is 24.0. The highest BCUT2D eigenvalue weighted by Crippen LogP contribution is 2.43. The summed E-state index contributed by atoms with van der Waals surface area (Å²) >= 11 is 0. The topological polar surface area (TPSA) is 43.8 Å². The summed E-state index contributed by atoms with van der Waals surface area (Å²) in [6.45, 7) is 11.0. The summed E-state index contributed by atoms with van der Waals surface area (Å²) in [6.07, 6.45) is 2.01. The Labute approximate surface area is 238 Å². The Morgan fingerprint density at radius 3 is 2.22 bits per heavy atom. The van der Waals surface area contributed by atoms with Crippen molar-refractivity contribution in [1.82, 2.24) is 4.40 Å². The van der Waals surface area contributed by atoms with Gasteiger partial charge in [0.2, 0.25) is 0 Å². The van der Waals surface area contributed by atoms with Gasteiger partial charge in [-0.25, -0.2) is 4.79 Å². The lowest BCUT2D eigenvalue weighted by Gasteiger charge is -2.12. The average Bonchev–Trinajstić information content (AvgIpc) is 3.32. The van der Waals surface area contributed by atoms with Crippen molar-refractivity contribution >= 4 is 38.2 Å². The Kier molecular flexibility index (Phi) is 5.75. The summed E-state index contributed by atoms with van der Waals surface area (Å²) in [7, 11) is 0. The average molecular weight is 538 g/mol. The summed E-state index contributed by atoms with van der Waals surface area (Å²) in [4.78, 5) is 13.8. The molecule has 41 heavy (non-hydrogen) atoms. The number of pyridine rings is 1. The zero-order valence-electron chi connectivity index (χ0n) is 24.0. The predicted molar refractivity (Wildman–Crippen MR) is 168 cm³/mol. The third-order valence-electron chi connectivity index (χ3n) is 8.50. The van der Waals surface area contributed by atoms with Gasteiger partial charge in [-0.05, 0) is 97.1 Å². The van der Waals surface area contributed by atoms with Crippen LogP contribution in [-0.2, 0) is 6.61 Å². The van der Waals surface area contributed by atoms with Crippen LogP contribution in [0, 0.1) is 34.6 Å². The van der Waals surface area contributed by atoms with Gasteiger partial charge in [-0.2, -0.15) is 0 Å². The molecule has 7 rings (SSSR count). The SMILES string of the molecule is Cc1ccc(-c2c3c4cc(C)c(OCc5ccccc5)cc4oc(=O)c3n3ccc4cc(C)c(C)cc4c23)cc1C. The number of fused-ring (bicyclic) bond motifs is 7. The van der Waals surface area contributed by atoms with Crippen molar-refractivity contribution in [3.05, 3.63) is 129 Å². The number of benzene rings is 4. The first-order valence-electron chi connectivity index (χ1n) is 14.0. The van der Waals surface area contributed by atoms with E-state index in [-0.39, 0.29) is 5.63 Å². The second-order valence-corrected chi connectivity index (χ2v) is 11.2. The molecule has 4 heteroatoms. The molecule has 0 aliphatic carbocycles. The highest BCUT2D eigenvalue weighted by atomic mass is 16.5. The van der Waals surface area contributed by atoms with Crippen LogP contribution in [0.25, 0.3) is 49.3 Å². The molecule has 4 nitrogen and oxygen atoms in total. The molecule has 0 N–H and O–H groups in total. The van der Waals surface area contributed by atoms with E-state index in [1.54, 1.807) is 0 Å². The molecule has 0 aliphatic rings. The Morgan fingerprint density at radius 1 is 0.707 bits per heavy atom. The van der Waals surface area contributed by atoms with Gasteiger partial charge in [0, 0.05) is 34.0 Å². The normalized spacial score (nSPS) is 11.7. The van der Waals surface area contributed by atoms with E-state index >= 15 is 0 Å². The molecule has 0 spiro atoms. The molecule has 0 fully saturated rings. The molecule has 0 atom stereocenters. The van der Waals surface area contributed by atoms with Crippen LogP contribution in [0.4, 0.5) is 0 Å². The number of nitrogens with zero attached hydrogens (tertiary/aromatic N) is 1. The van der Waals surface area contributed by atoms with Crippen LogP contribution in [-0.4, -0.2) is 4.40 Å². The molecule has 7 aromatic rings. The van der Waals surface area contributed by atoms with Crippen molar-refractivity contribution in [2.24, 2.45) is 0 Å². The minimum Gasteiger partial charge on any atom is -0.488 e. The number of aromatic nitrogens is 1. The minimum atomic E-state index is -0.362. The smallest absolute Gasteiger partial charge is 0.361 e. The molecule has 202 valence electrons. The second-order valence-electron chi connectivity index (χ2n) is 11.2. The van der Waals surface area contributed by atoms with E-state index in [0.29, 0.717) is 23.5 Å². The molecule has 3 heterocycles. The van der Waals surface area contributed by atoms with E-state index < -0.39 is 0 Å². The maximum Gasteiger partial charge on any atom is 0.361 e. The largest absolute Gasteiger partial charge is 0.488 e. The summed E-state index contributed by atoms with van der Waals surface area (Å²) in [5.74, 6) is 0.705. The standard InChI is InChI=1S/C37H31NO3/c1-21-11-12-28(16-22(21)2)33-34-30-18-25(5)31(40-20-26-9-7-6-8-10-26)19-32(30)41-37(39)36(34)38-14-13-27-15-23(3)24(4)17-29(27)35(33)38/h6-19H,20H2,1-5H3. The number of hydrogen-bond donors (Lipinski definition) is 0. The number of rotatable bonds is 4. The maximum absolute atomic E-state index is 13.8. The Morgan fingerprint density at radius 2 is 1.44 bits per heavy atom. The van der Waals surface area contributed by atoms with Crippen molar-refractivity contribution in [2.75, 3.05) is 0 Å². The lowest BCUT2D eigenvalue weighted by atomic mass is 9.94. The van der Waals surface area contributed by atoms with Gasteiger partial charge in [0.1, 0.15) is 23.5 Å². The van der Waals surface area contributed by atoms with E-state index in [4.69, 9.17) is 9.15 Å². The van der Waals surface area contributed by atoms with E-state index in [2.05, 4.69) is 70.2 Å². The maximum atomic E-state index is 13.8. The second kappa shape index (κ2) is 9.38. The third kappa shape index (κ3) is 4.02. The van der Waals surface area contributed by atoms with Crippen LogP contribution >= 0.6 is 0 Å². The molecule has 0 unspecified atom stereocenters. The monoisotopic (exact) mass is 537 g/mol. The molecule has 0 aliphatic heterocycles. The first kappa shape index (κ1) is 25.2. The van der Waals surface area contributed by atoms with E-state index in [1.165, 1.54) is 22.3 Å². The fourth-order valence-corrected chi connectivity index (χ4v) is 5.97. The van der Waals surface area contributed by atoms with Crippen LogP contribution in [0.5, 0.6) is 5.75 Å². The first-order chi connectivity index (χ1) is 19.8. The van der Waals surface area contributed by atoms with Gasteiger partial charge in [0.05, 0.1) is 5.52 Å². The molecule has 0 saturated carbocycles. The van der Waals surface area contributed by atoms with Crippen molar-refractivity contribution in [2.45, 2.75) is 41.2 Å². The van der Waals surface area contributed by atoms with Gasteiger partial charge >= 0.3 is 5.63 Å². The summed E-state index contributed by atoms with van der Waals surface area (Å²) in [5.41, 5.74) is 10.8. The van der Waals surface area contributed by atoms with Crippen LogP contribution in [0.15, 0.2) is 94.3 Å². The van der Waals surface area contributed by atoms with Gasteiger partial charge in [-0.1, -0.05) is 54.6 Å². The fourth-order valence-electron chi connectivity index (χ4n) is 5.97. The third-order valence-corrected chi connectivity index (χ3v) is 8.50. The fraction of sp³-hybridized carbons (Fsp3) is 0.162. The van der Waals surface area contributed by atoms with E-state index in [1.807, 2.05) is 53.9 Å². The molecular formula is C37H31NO3. The first-order valence-corrected chi connectivity index (χ1v) is 14.0. The van der Waals surface area contributed by atoms with Crippen LogP contribution in [0.3, 0.4) is 0 Å². The van der Waals surface area contributed by atoms with E-state index in [0.717, 1.165) is 49.3 Å². The van der Waals surface area contributed by atoms with Crippen LogP contribution in [0.1, 0.15) is 33.4 Å². The Hall–Kier alpha value is -4.83. The minimum absolute atomic E-state index is 0.362. The lowest BCUT2D eigenvalue weighted by Crippen LogP contribution is -2.03. The van der Waals surface area contributed by atoms with Crippen LogP contribution in [0.2, 0.25) is 0 Å². The van der Waals surface area contributed by atoms with Crippen molar-refractivity contribution < 1.29 is 9.15 Å². The van der Waals surface area contributed by atoms with E-state index in [9.17, 15) is 4.79 Å². The summed E-state index contributed by atoms with van der Waals surface area (Å²) in [6, 6.07) is 27.2. The van der Waals surface area contributed by atoms with Crippen molar-refractivity contribution in [3.63, 3.8) is 0 Å². The van der Waals surface area contributed by atoms with Gasteiger partial charge in [-0.3, -0.25) is 0 Å². The number of ether oxygens (including phenoxy) is 1. The number of aryl methyl sites for hydroxylation is 5. The molecule has 0 radical (unpaired) electrons. The number of hydrogen-bond acceptors (Lipinski definition) is 3. The molecule has 0 amide bonds. The molecule has 4 aromatic carbocycles. The van der Waals surface area contributed by atoms with Gasteiger partial charge in [0.15, 0.2) is 0 Å². The zero-order chi connectivity index (χ0) is 28.4. The molecule has 0 bridgehead atoms. The Balaban J connectivity index is 1.59. The van der Waals surface area contributed by atoms with Gasteiger partial charge in [0.25, 0.3) is 0 Å². The molecule has 0 saturated heterocycles.